The van der Waals surface area contributed by atoms with Gasteiger partial charge in [-0.05, 0) is 31.2 Å². The lowest BCUT2D eigenvalue weighted by Crippen LogP contribution is -2.46. The van der Waals surface area contributed by atoms with Gasteiger partial charge in [0.05, 0.1) is 11.1 Å². The summed E-state index contributed by atoms with van der Waals surface area (Å²) in [5, 5.41) is 2.42. The average molecular weight is 427 g/mol. The first kappa shape index (κ1) is 20.9. The molecule has 0 atom stereocenters. The first-order chi connectivity index (χ1) is 14.9. The minimum absolute atomic E-state index is 0.0133. The normalized spacial score (nSPS) is 14.8. The lowest BCUT2D eigenvalue weighted by atomic mass is 10.1. The van der Waals surface area contributed by atoms with E-state index in [1.54, 1.807) is 25.1 Å². The molecule has 2 aromatic carbocycles. The van der Waals surface area contributed by atoms with E-state index in [1.807, 2.05) is 4.90 Å². The molecule has 3 aromatic rings. The number of aryl methyl sites for hydroxylation is 1. The number of carbonyl (C=O) groups excluding carboxylic acids is 1. The van der Waals surface area contributed by atoms with E-state index in [0.29, 0.717) is 55.2 Å². The molecule has 1 aliphatic heterocycles. The molecule has 1 aromatic heterocycles. The number of piperazine rings is 1. The highest BCUT2D eigenvalue weighted by Gasteiger charge is 2.21. The van der Waals surface area contributed by atoms with Crippen LogP contribution in [0.15, 0.2) is 35.1 Å². The van der Waals surface area contributed by atoms with Crippen LogP contribution in [0.1, 0.15) is 21.6 Å². The number of anilines is 1. The maximum atomic E-state index is 14.9. The fraction of sp³-hybridized carbons (Fsp3) is 0.318. The molecular weight excluding hydrogens is 404 g/mol. The van der Waals surface area contributed by atoms with Gasteiger partial charge >= 0.3 is 0 Å². The summed E-state index contributed by atoms with van der Waals surface area (Å²) in [7, 11) is 1.46. The van der Waals surface area contributed by atoms with Crippen LogP contribution >= 0.6 is 0 Å². The van der Waals surface area contributed by atoms with Gasteiger partial charge in [0, 0.05) is 51.0 Å². The van der Waals surface area contributed by atoms with Gasteiger partial charge < -0.3 is 15.2 Å². The van der Waals surface area contributed by atoms with Crippen LogP contribution in [0.5, 0.6) is 0 Å². The Labute approximate surface area is 177 Å². The molecule has 1 fully saturated rings. The molecule has 0 aliphatic carbocycles. The summed E-state index contributed by atoms with van der Waals surface area (Å²) in [5.74, 6) is -1.48. The highest BCUT2D eigenvalue weighted by atomic mass is 19.1. The zero-order chi connectivity index (χ0) is 22.1. The van der Waals surface area contributed by atoms with Crippen molar-refractivity contribution >= 4 is 22.6 Å². The molecule has 9 heteroatoms. The molecule has 0 unspecified atom stereocenters. The van der Waals surface area contributed by atoms with Gasteiger partial charge in [-0.25, -0.2) is 13.8 Å². The van der Waals surface area contributed by atoms with Crippen molar-refractivity contribution in [1.29, 1.82) is 0 Å². The second-order valence-corrected chi connectivity index (χ2v) is 7.59. The van der Waals surface area contributed by atoms with Gasteiger partial charge in [0.25, 0.3) is 11.5 Å². The molecule has 0 saturated carbocycles. The number of aromatic amines is 1. The second-order valence-electron chi connectivity index (χ2n) is 7.59. The van der Waals surface area contributed by atoms with Crippen molar-refractivity contribution in [2.24, 2.45) is 0 Å². The number of hydrogen-bond donors (Lipinski definition) is 2. The first-order valence-corrected chi connectivity index (χ1v) is 10.0. The van der Waals surface area contributed by atoms with Crippen LogP contribution in [0.4, 0.5) is 14.5 Å². The summed E-state index contributed by atoms with van der Waals surface area (Å²) in [4.78, 5) is 34.3. The molecule has 0 spiro atoms. The van der Waals surface area contributed by atoms with Crippen LogP contribution < -0.4 is 15.8 Å². The SMILES string of the molecule is CNC(=O)c1ccc(N2CCN(Cc3ccc4nc(C)c(=O)[nH]c4c3F)CC2)cc1F. The Morgan fingerprint density at radius 1 is 1.16 bits per heavy atom. The van der Waals surface area contributed by atoms with Crippen LogP contribution in [0.25, 0.3) is 11.0 Å². The van der Waals surface area contributed by atoms with Crippen molar-refractivity contribution < 1.29 is 13.6 Å². The van der Waals surface area contributed by atoms with Crippen molar-refractivity contribution in [2.45, 2.75) is 13.5 Å². The number of H-pyrrole nitrogens is 1. The number of benzene rings is 2. The van der Waals surface area contributed by atoms with E-state index in [4.69, 9.17) is 0 Å². The third kappa shape index (κ3) is 4.13. The maximum absolute atomic E-state index is 14.9. The van der Waals surface area contributed by atoms with E-state index in [2.05, 4.69) is 20.2 Å². The summed E-state index contributed by atoms with van der Waals surface area (Å²) < 4.78 is 29.2. The Bertz CT molecular complexity index is 1200. The quantitative estimate of drug-likeness (QED) is 0.667. The minimum atomic E-state index is -0.560. The van der Waals surface area contributed by atoms with Crippen molar-refractivity contribution in [2.75, 3.05) is 38.1 Å². The molecule has 0 radical (unpaired) electrons. The molecule has 1 saturated heterocycles. The van der Waals surface area contributed by atoms with Crippen LogP contribution in [0.3, 0.4) is 0 Å². The van der Waals surface area contributed by atoms with Crippen LogP contribution in [-0.2, 0) is 6.54 Å². The van der Waals surface area contributed by atoms with Crippen LogP contribution in [0.2, 0.25) is 0 Å². The van der Waals surface area contributed by atoms with Gasteiger partial charge in [0.2, 0.25) is 0 Å². The number of nitrogens with one attached hydrogen (secondary N) is 2. The smallest absolute Gasteiger partial charge is 0.269 e. The maximum Gasteiger partial charge on any atom is 0.269 e. The Balaban J connectivity index is 1.44. The van der Waals surface area contributed by atoms with Crippen molar-refractivity contribution in [3.05, 3.63) is 69.1 Å². The Kier molecular flexibility index (Phi) is 5.69. The topological polar surface area (TPSA) is 81.3 Å². The molecule has 0 bridgehead atoms. The summed E-state index contributed by atoms with van der Waals surface area (Å²) >= 11 is 0. The predicted octanol–water partition coefficient (Wildman–Crippen LogP) is 2.19. The Morgan fingerprint density at radius 3 is 2.58 bits per heavy atom. The molecule has 2 heterocycles. The lowest BCUT2D eigenvalue weighted by Gasteiger charge is -2.36. The number of carbonyl (C=O) groups is 1. The number of hydrogen-bond acceptors (Lipinski definition) is 5. The molecule has 2 N–H and O–H groups in total. The third-order valence-electron chi connectivity index (χ3n) is 5.61. The highest BCUT2D eigenvalue weighted by Crippen LogP contribution is 2.22. The van der Waals surface area contributed by atoms with Gasteiger partial charge in [-0.2, -0.15) is 0 Å². The second kappa shape index (κ2) is 8.43. The van der Waals surface area contributed by atoms with E-state index in [0.717, 1.165) is 0 Å². The molecule has 1 amide bonds. The predicted molar refractivity (Wildman–Crippen MR) is 114 cm³/mol. The van der Waals surface area contributed by atoms with Crippen molar-refractivity contribution in [1.82, 2.24) is 20.2 Å². The zero-order valence-corrected chi connectivity index (χ0v) is 17.3. The van der Waals surface area contributed by atoms with Gasteiger partial charge in [-0.3, -0.25) is 14.5 Å². The van der Waals surface area contributed by atoms with Crippen LogP contribution in [-0.4, -0.2) is 54.0 Å². The molecule has 162 valence electrons. The standard InChI is InChI=1S/C22H23F2N5O2/c1-13-21(30)27-20-18(26-13)6-3-14(19(20)24)12-28-7-9-29(10-8-28)15-4-5-16(17(23)11-15)22(31)25-2/h3-6,11H,7-10,12H2,1-2H3,(H,25,31)(H,27,30). The van der Waals surface area contributed by atoms with E-state index in [1.165, 1.54) is 19.2 Å². The summed E-state index contributed by atoms with van der Waals surface area (Å²) in [6.07, 6.45) is 0. The van der Waals surface area contributed by atoms with Gasteiger partial charge in [0.15, 0.2) is 5.82 Å². The van der Waals surface area contributed by atoms with Crippen molar-refractivity contribution in [3.63, 3.8) is 0 Å². The van der Waals surface area contributed by atoms with E-state index >= 15 is 0 Å². The summed E-state index contributed by atoms with van der Waals surface area (Å²) in [6, 6.07) is 7.99. The molecule has 1 aliphatic rings. The summed E-state index contributed by atoms with van der Waals surface area (Å²) in [5.41, 5.74) is 1.66. The number of aromatic nitrogens is 2. The summed E-state index contributed by atoms with van der Waals surface area (Å²) in [6.45, 7) is 4.60. The zero-order valence-electron chi connectivity index (χ0n) is 17.3. The third-order valence-corrected chi connectivity index (χ3v) is 5.61. The Morgan fingerprint density at radius 2 is 1.90 bits per heavy atom. The Hall–Kier alpha value is -3.33. The van der Waals surface area contributed by atoms with Gasteiger partial charge in [-0.15, -0.1) is 0 Å². The number of rotatable bonds is 4. The highest BCUT2D eigenvalue weighted by molar-refractivity contribution is 5.94. The van der Waals surface area contributed by atoms with Crippen LogP contribution in [0, 0.1) is 18.6 Å². The number of halogens is 2. The monoisotopic (exact) mass is 427 g/mol. The fourth-order valence-corrected chi connectivity index (χ4v) is 3.80. The average Bonchev–Trinajstić information content (AvgIpc) is 2.77. The number of fused-ring (bicyclic) bond motifs is 1. The van der Waals surface area contributed by atoms with E-state index in [9.17, 15) is 18.4 Å². The minimum Gasteiger partial charge on any atom is -0.369 e. The lowest BCUT2D eigenvalue weighted by molar-refractivity contribution is 0.0959. The number of nitrogens with zero attached hydrogens (tertiary/aromatic N) is 3. The van der Waals surface area contributed by atoms with Gasteiger partial charge in [0.1, 0.15) is 17.0 Å². The number of amides is 1. The van der Waals surface area contributed by atoms with Gasteiger partial charge in [-0.1, -0.05) is 6.07 Å². The molecule has 7 nitrogen and oxygen atoms in total. The molecular formula is C22H23F2N5O2. The first-order valence-electron chi connectivity index (χ1n) is 10.0. The largest absolute Gasteiger partial charge is 0.369 e. The van der Waals surface area contributed by atoms with E-state index < -0.39 is 23.1 Å². The molecule has 4 rings (SSSR count). The van der Waals surface area contributed by atoms with E-state index in [-0.39, 0.29) is 11.1 Å². The fourth-order valence-electron chi connectivity index (χ4n) is 3.80. The molecule has 31 heavy (non-hydrogen) atoms. The van der Waals surface area contributed by atoms with Crippen molar-refractivity contribution in [3.8, 4) is 0 Å².